The molecule has 0 unspecified atom stereocenters. The second-order valence-corrected chi connectivity index (χ2v) is 2.54. The molecule has 3 N–H and O–H groups in total. The molecule has 76 valence electrons. The second-order valence-electron chi connectivity index (χ2n) is 2.54. The summed E-state index contributed by atoms with van der Waals surface area (Å²) in [6.45, 7) is 1.97. The maximum absolute atomic E-state index is 10.7. The molecule has 0 amide bonds. The highest BCUT2D eigenvalue weighted by molar-refractivity contribution is 5.95. The van der Waals surface area contributed by atoms with Crippen molar-refractivity contribution in [1.82, 2.24) is 0 Å². The number of carboxylic acid groups (broad SMARTS) is 1. The van der Waals surface area contributed by atoms with Crippen molar-refractivity contribution in [3.05, 3.63) is 17.7 Å². The van der Waals surface area contributed by atoms with Crippen LogP contribution in [0.4, 0.5) is 0 Å². The lowest BCUT2D eigenvalue weighted by atomic mass is 10.1. The van der Waals surface area contributed by atoms with Gasteiger partial charge in [-0.1, -0.05) is 0 Å². The van der Waals surface area contributed by atoms with Gasteiger partial charge in [-0.2, -0.15) is 0 Å². The molecule has 0 radical (unpaired) electrons. The SMILES string of the molecule is CCOc1ccc(O)c(O)c1C(=O)O. The molecule has 5 heteroatoms. The molecular formula is C9H10O5. The highest BCUT2D eigenvalue weighted by Gasteiger charge is 2.19. The summed E-state index contributed by atoms with van der Waals surface area (Å²) < 4.78 is 4.98. The largest absolute Gasteiger partial charge is 0.504 e. The summed E-state index contributed by atoms with van der Waals surface area (Å²) in [5.74, 6) is -2.47. The third-order valence-corrected chi connectivity index (χ3v) is 1.63. The van der Waals surface area contributed by atoms with Gasteiger partial charge in [0, 0.05) is 0 Å². The fourth-order valence-corrected chi connectivity index (χ4v) is 1.04. The number of hydrogen-bond donors (Lipinski definition) is 3. The van der Waals surface area contributed by atoms with Gasteiger partial charge in [-0.25, -0.2) is 4.79 Å². The Morgan fingerprint density at radius 3 is 2.57 bits per heavy atom. The molecule has 5 nitrogen and oxygen atoms in total. The maximum Gasteiger partial charge on any atom is 0.343 e. The molecule has 1 aromatic rings. The number of phenolic OH excluding ortho intramolecular Hbond substituents is 1. The molecule has 0 aromatic heterocycles. The van der Waals surface area contributed by atoms with Crippen LogP contribution in [-0.4, -0.2) is 27.9 Å². The number of ether oxygens (including phenoxy) is 1. The first kappa shape index (κ1) is 10.2. The molecule has 0 aliphatic carbocycles. The molecule has 1 rings (SSSR count). The van der Waals surface area contributed by atoms with E-state index in [4.69, 9.17) is 14.9 Å². The lowest BCUT2D eigenvalue weighted by Gasteiger charge is -2.09. The summed E-state index contributed by atoms with van der Waals surface area (Å²) in [4.78, 5) is 10.7. The fraction of sp³-hybridized carbons (Fsp3) is 0.222. The molecular weight excluding hydrogens is 188 g/mol. The predicted molar refractivity (Wildman–Crippen MR) is 47.9 cm³/mol. The number of aromatic hydroxyl groups is 2. The van der Waals surface area contributed by atoms with Gasteiger partial charge in [-0.05, 0) is 19.1 Å². The van der Waals surface area contributed by atoms with Crippen LogP contribution in [-0.2, 0) is 0 Å². The summed E-state index contributed by atoms with van der Waals surface area (Å²) >= 11 is 0. The van der Waals surface area contributed by atoms with Crippen molar-refractivity contribution in [2.75, 3.05) is 6.61 Å². The average Bonchev–Trinajstić information content (AvgIpc) is 2.11. The van der Waals surface area contributed by atoms with Gasteiger partial charge in [0.2, 0.25) is 0 Å². The number of phenols is 2. The lowest BCUT2D eigenvalue weighted by Crippen LogP contribution is -2.03. The van der Waals surface area contributed by atoms with Crippen LogP contribution in [0.5, 0.6) is 17.2 Å². The van der Waals surface area contributed by atoms with E-state index in [1.807, 2.05) is 0 Å². The Labute approximate surface area is 80.2 Å². The van der Waals surface area contributed by atoms with E-state index in [2.05, 4.69) is 0 Å². The lowest BCUT2D eigenvalue weighted by molar-refractivity contribution is 0.0688. The first-order valence-electron chi connectivity index (χ1n) is 3.99. The van der Waals surface area contributed by atoms with Crippen LogP contribution in [0.1, 0.15) is 17.3 Å². The quantitative estimate of drug-likeness (QED) is 0.635. The zero-order valence-corrected chi connectivity index (χ0v) is 7.52. The van der Waals surface area contributed by atoms with Crippen LogP contribution in [0.25, 0.3) is 0 Å². The minimum Gasteiger partial charge on any atom is -0.504 e. The van der Waals surface area contributed by atoms with E-state index in [0.29, 0.717) is 0 Å². The third-order valence-electron chi connectivity index (χ3n) is 1.63. The number of carboxylic acids is 1. The first-order chi connectivity index (χ1) is 6.57. The van der Waals surface area contributed by atoms with E-state index in [0.717, 1.165) is 0 Å². The van der Waals surface area contributed by atoms with E-state index in [-0.39, 0.29) is 12.4 Å². The van der Waals surface area contributed by atoms with Crippen LogP contribution >= 0.6 is 0 Å². The normalized spacial score (nSPS) is 9.79. The fourth-order valence-electron chi connectivity index (χ4n) is 1.04. The molecule has 0 bridgehead atoms. The van der Waals surface area contributed by atoms with Crippen LogP contribution in [0.2, 0.25) is 0 Å². The van der Waals surface area contributed by atoms with Gasteiger partial charge in [-0.15, -0.1) is 0 Å². The third kappa shape index (κ3) is 1.71. The summed E-state index contributed by atoms with van der Waals surface area (Å²) in [6, 6.07) is 2.47. The predicted octanol–water partition coefficient (Wildman–Crippen LogP) is 1.19. The number of benzene rings is 1. The number of aromatic carboxylic acids is 1. The van der Waals surface area contributed by atoms with E-state index >= 15 is 0 Å². The van der Waals surface area contributed by atoms with Gasteiger partial charge in [0.25, 0.3) is 0 Å². The highest BCUT2D eigenvalue weighted by atomic mass is 16.5. The van der Waals surface area contributed by atoms with Gasteiger partial charge in [0.15, 0.2) is 11.5 Å². The maximum atomic E-state index is 10.7. The Kier molecular flexibility index (Phi) is 2.81. The van der Waals surface area contributed by atoms with Crippen molar-refractivity contribution in [3.63, 3.8) is 0 Å². The highest BCUT2D eigenvalue weighted by Crippen LogP contribution is 2.35. The Morgan fingerprint density at radius 2 is 2.07 bits per heavy atom. The monoisotopic (exact) mass is 198 g/mol. The van der Waals surface area contributed by atoms with Crippen molar-refractivity contribution in [3.8, 4) is 17.2 Å². The Hall–Kier alpha value is -1.91. The molecule has 0 aliphatic rings. The van der Waals surface area contributed by atoms with Crippen LogP contribution in [0.3, 0.4) is 0 Å². The molecule has 1 aromatic carbocycles. The standard InChI is InChI=1S/C9H10O5/c1-2-14-6-4-3-5(10)8(11)7(6)9(12)13/h3-4,10-11H,2H2,1H3,(H,12,13). The number of carbonyl (C=O) groups is 1. The molecule has 0 spiro atoms. The summed E-state index contributed by atoms with van der Waals surface area (Å²) in [5.41, 5.74) is -0.424. The minimum atomic E-state index is -1.35. The first-order valence-corrected chi connectivity index (χ1v) is 3.99. The Bertz CT molecular complexity index is 358. The Balaban J connectivity index is 3.30. The van der Waals surface area contributed by atoms with Gasteiger partial charge >= 0.3 is 5.97 Å². The topological polar surface area (TPSA) is 87.0 Å². The summed E-state index contributed by atoms with van der Waals surface area (Å²) in [5, 5.41) is 27.1. The smallest absolute Gasteiger partial charge is 0.343 e. The molecule has 0 aliphatic heterocycles. The van der Waals surface area contributed by atoms with Gasteiger partial charge in [-0.3, -0.25) is 0 Å². The minimum absolute atomic E-state index is 0.0373. The van der Waals surface area contributed by atoms with Crippen molar-refractivity contribution in [2.45, 2.75) is 6.92 Å². The molecule has 0 saturated carbocycles. The van der Waals surface area contributed by atoms with Crippen molar-refractivity contribution in [2.24, 2.45) is 0 Å². The van der Waals surface area contributed by atoms with Gasteiger partial charge < -0.3 is 20.1 Å². The number of hydrogen-bond acceptors (Lipinski definition) is 4. The van der Waals surface area contributed by atoms with Crippen molar-refractivity contribution >= 4 is 5.97 Å². The van der Waals surface area contributed by atoms with E-state index in [1.54, 1.807) is 6.92 Å². The summed E-state index contributed by atoms with van der Waals surface area (Å²) in [7, 11) is 0. The van der Waals surface area contributed by atoms with Gasteiger partial charge in [0.1, 0.15) is 11.3 Å². The van der Waals surface area contributed by atoms with Crippen molar-refractivity contribution < 1.29 is 24.9 Å². The van der Waals surface area contributed by atoms with Crippen LogP contribution < -0.4 is 4.74 Å². The van der Waals surface area contributed by atoms with Crippen LogP contribution in [0, 0.1) is 0 Å². The molecule has 0 atom stereocenters. The van der Waals surface area contributed by atoms with Crippen molar-refractivity contribution in [1.29, 1.82) is 0 Å². The molecule has 14 heavy (non-hydrogen) atoms. The molecule has 0 heterocycles. The second kappa shape index (κ2) is 3.87. The molecule has 0 saturated heterocycles. The van der Waals surface area contributed by atoms with Gasteiger partial charge in [0.05, 0.1) is 6.61 Å². The average molecular weight is 198 g/mol. The summed E-state index contributed by atoms with van der Waals surface area (Å²) in [6.07, 6.45) is 0. The Morgan fingerprint density at radius 1 is 1.43 bits per heavy atom. The van der Waals surface area contributed by atoms with Crippen LogP contribution in [0.15, 0.2) is 12.1 Å². The number of rotatable bonds is 3. The zero-order valence-electron chi connectivity index (χ0n) is 7.52. The van der Waals surface area contributed by atoms with E-state index < -0.39 is 23.0 Å². The molecule has 0 fully saturated rings. The van der Waals surface area contributed by atoms with E-state index in [1.165, 1.54) is 12.1 Å². The zero-order chi connectivity index (χ0) is 10.7. The van der Waals surface area contributed by atoms with E-state index in [9.17, 15) is 9.90 Å².